The highest BCUT2D eigenvalue weighted by Gasteiger charge is 2.31. The number of rotatable bonds is 5. The molecule has 0 saturated heterocycles. The summed E-state index contributed by atoms with van der Waals surface area (Å²) in [6.07, 6.45) is 0.190. The topological polar surface area (TPSA) is 76.7 Å². The number of amides is 1. The Hall–Kier alpha value is -3.41. The number of aryl methyl sites for hydroxylation is 2. The van der Waals surface area contributed by atoms with E-state index in [0.29, 0.717) is 12.3 Å². The molecule has 6 nitrogen and oxygen atoms in total. The van der Waals surface area contributed by atoms with E-state index in [1.165, 1.54) is 5.56 Å². The molecular weight excluding hydrogens is 378 g/mol. The van der Waals surface area contributed by atoms with Crippen LogP contribution in [0.4, 0.5) is 0 Å². The predicted molar refractivity (Wildman–Crippen MR) is 116 cm³/mol. The minimum atomic E-state index is -0.470. The van der Waals surface area contributed by atoms with Crippen LogP contribution in [0.25, 0.3) is 11.1 Å². The zero-order chi connectivity index (χ0) is 21.3. The molecule has 1 atom stereocenters. The number of hydrogen-bond acceptors (Lipinski definition) is 5. The van der Waals surface area contributed by atoms with E-state index < -0.39 is 6.04 Å². The van der Waals surface area contributed by atoms with Gasteiger partial charge in [0.25, 0.3) is 0 Å². The Kier molecular flexibility index (Phi) is 5.40. The lowest BCUT2D eigenvalue weighted by Gasteiger charge is -2.13. The third kappa shape index (κ3) is 3.61. The van der Waals surface area contributed by atoms with Crippen molar-refractivity contribution >= 4 is 11.6 Å². The van der Waals surface area contributed by atoms with Crippen molar-refractivity contribution in [2.45, 2.75) is 33.2 Å². The molecule has 1 amide bonds. The maximum absolute atomic E-state index is 12.4. The zero-order valence-corrected chi connectivity index (χ0v) is 17.7. The van der Waals surface area contributed by atoms with Gasteiger partial charge in [0, 0.05) is 17.7 Å². The van der Waals surface area contributed by atoms with Crippen LogP contribution in [-0.4, -0.2) is 30.4 Å². The third-order valence-corrected chi connectivity index (χ3v) is 5.31. The molecule has 3 aromatic rings. The van der Waals surface area contributed by atoms with Crippen molar-refractivity contribution in [2.75, 3.05) is 13.7 Å². The van der Waals surface area contributed by atoms with Crippen molar-refractivity contribution in [1.29, 1.82) is 0 Å². The van der Waals surface area contributed by atoms with E-state index in [2.05, 4.69) is 41.7 Å². The Balaban J connectivity index is 1.96. The van der Waals surface area contributed by atoms with Crippen LogP contribution in [0.15, 0.2) is 52.0 Å². The second kappa shape index (κ2) is 8.14. The monoisotopic (exact) mass is 403 g/mol. The van der Waals surface area contributed by atoms with Gasteiger partial charge in [-0.2, -0.15) is 0 Å². The van der Waals surface area contributed by atoms with Gasteiger partial charge in [0.15, 0.2) is 5.76 Å². The number of nitrogens with one attached hydrogen (secondary N) is 1. The summed E-state index contributed by atoms with van der Waals surface area (Å²) in [6.45, 7) is 6.44. The van der Waals surface area contributed by atoms with Crippen molar-refractivity contribution < 1.29 is 14.1 Å². The summed E-state index contributed by atoms with van der Waals surface area (Å²) in [7, 11) is 1.65. The minimum Gasteiger partial charge on any atom is -0.497 e. The van der Waals surface area contributed by atoms with Crippen LogP contribution < -0.4 is 10.1 Å². The summed E-state index contributed by atoms with van der Waals surface area (Å²) >= 11 is 0. The van der Waals surface area contributed by atoms with Crippen molar-refractivity contribution in [3.05, 3.63) is 70.6 Å². The highest BCUT2D eigenvalue weighted by molar-refractivity contribution is 6.17. The molecule has 1 aliphatic heterocycles. The minimum absolute atomic E-state index is 0.0713. The number of methoxy groups -OCH3 is 1. The van der Waals surface area contributed by atoms with Gasteiger partial charge in [0.05, 0.1) is 30.5 Å². The van der Waals surface area contributed by atoms with E-state index in [4.69, 9.17) is 14.3 Å². The van der Waals surface area contributed by atoms with Crippen LogP contribution in [0, 0.1) is 13.8 Å². The quantitative estimate of drug-likeness (QED) is 0.686. The van der Waals surface area contributed by atoms with Crippen molar-refractivity contribution in [3.63, 3.8) is 0 Å². The van der Waals surface area contributed by atoms with E-state index in [1.54, 1.807) is 7.11 Å². The lowest BCUT2D eigenvalue weighted by atomic mass is 9.92. The van der Waals surface area contributed by atoms with E-state index in [0.717, 1.165) is 39.4 Å². The van der Waals surface area contributed by atoms with E-state index in [9.17, 15) is 4.79 Å². The summed E-state index contributed by atoms with van der Waals surface area (Å²) in [5.41, 5.74) is 6.54. The molecule has 6 heteroatoms. The van der Waals surface area contributed by atoms with Crippen LogP contribution in [0.2, 0.25) is 0 Å². The third-order valence-electron chi connectivity index (χ3n) is 5.31. The molecule has 0 unspecified atom stereocenters. The highest BCUT2D eigenvalue weighted by atomic mass is 16.5. The molecule has 4 rings (SSSR count). The molecule has 2 heterocycles. The van der Waals surface area contributed by atoms with Gasteiger partial charge in [-0.15, -0.1) is 0 Å². The zero-order valence-electron chi connectivity index (χ0n) is 17.7. The van der Waals surface area contributed by atoms with Gasteiger partial charge >= 0.3 is 0 Å². The first-order valence-corrected chi connectivity index (χ1v) is 10.1. The first-order valence-electron chi connectivity index (χ1n) is 10.1. The maximum atomic E-state index is 12.4. The summed E-state index contributed by atoms with van der Waals surface area (Å²) < 4.78 is 11.2. The molecule has 0 spiro atoms. The lowest BCUT2D eigenvalue weighted by molar-refractivity contribution is -0.121. The van der Waals surface area contributed by atoms with Gasteiger partial charge in [-0.25, -0.2) is 0 Å². The van der Waals surface area contributed by atoms with Gasteiger partial charge in [0.1, 0.15) is 11.8 Å². The number of aliphatic imine (C=N–C) groups is 1. The van der Waals surface area contributed by atoms with Crippen LogP contribution in [-0.2, 0) is 4.79 Å². The predicted octanol–water partition coefficient (Wildman–Crippen LogP) is 4.39. The van der Waals surface area contributed by atoms with E-state index in [1.807, 2.05) is 32.0 Å². The molecule has 154 valence electrons. The first-order chi connectivity index (χ1) is 14.5. The van der Waals surface area contributed by atoms with Crippen LogP contribution in [0.3, 0.4) is 0 Å². The Labute approximate surface area is 176 Å². The summed E-state index contributed by atoms with van der Waals surface area (Å²) in [4.78, 5) is 17.5. The Morgan fingerprint density at radius 3 is 2.60 bits per heavy atom. The fourth-order valence-electron chi connectivity index (χ4n) is 3.82. The van der Waals surface area contributed by atoms with Gasteiger partial charge in [-0.1, -0.05) is 35.0 Å². The SMILES string of the molecule is CCNC(=O)C[C@@H]1N=C(c2ccc(C)cc2)c2cc(OC)ccc2-c2c(C)noc21. The number of benzene rings is 2. The number of nitrogens with zero attached hydrogens (tertiary/aromatic N) is 2. The fraction of sp³-hybridized carbons (Fsp3) is 0.292. The normalized spacial score (nSPS) is 14.9. The molecule has 1 aromatic heterocycles. The molecule has 2 aromatic carbocycles. The molecule has 0 saturated carbocycles. The van der Waals surface area contributed by atoms with Crippen LogP contribution >= 0.6 is 0 Å². The first kappa shape index (κ1) is 19.9. The van der Waals surface area contributed by atoms with Gasteiger partial charge in [-0.3, -0.25) is 9.79 Å². The smallest absolute Gasteiger partial charge is 0.222 e. The van der Waals surface area contributed by atoms with E-state index in [-0.39, 0.29) is 12.3 Å². The van der Waals surface area contributed by atoms with Crippen molar-refractivity contribution in [3.8, 4) is 16.9 Å². The summed E-state index contributed by atoms with van der Waals surface area (Å²) in [5, 5.41) is 7.05. The summed E-state index contributed by atoms with van der Waals surface area (Å²) in [6, 6.07) is 13.7. The van der Waals surface area contributed by atoms with Crippen molar-refractivity contribution in [1.82, 2.24) is 10.5 Å². The largest absolute Gasteiger partial charge is 0.497 e. The second-order valence-corrected chi connectivity index (χ2v) is 7.44. The van der Waals surface area contributed by atoms with E-state index >= 15 is 0 Å². The number of fused-ring (bicyclic) bond motifs is 3. The average molecular weight is 403 g/mol. The number of carbonyl (C=O) groups is 1. The molecular formula is C24H25N3O3. The van der Waals surface area contributed by atoms with Crippen molar-refractivity contribution in [2.24, 2.45) is 4.99 Å². The van der Waals surface area contributed by atoms with Gasteiger partial charge in [-0.05, 0) is 44.5 Å². The molecule has 30 heavy (non-hydrogen) atoms. The fourth-order valence-corrected chi connectivity index (χ4v) is 3.82. The van der Waals surface area contributed by atoms with Gasteiger partial charge in [0.2, 0.25) is 5.91 Å². The van der Waals surface area contributed by atoms with Crippen LogP contribution in [0.5, 0.6) is 5.75 Å². The summed E-state index contributed by atoms with van der Waals surface area (Å²) in [5.74, 6) is 1.29. The molecule has 0 bridgehead atoms. The highest BCUT2D eigenvalue weighted by Crippen LogP contribution is 2.41. The molecule has 0 fully saturated rings. The van der Waals surface area contributed by atoms with Crippen LogP contribution in [0.1, 0.15) is 47.5 Å². The standard InChI is InChI=1S/C24H25N3O3/c1-5-25-21(28)13-20-24-22(15(3)27-30-24)18-11-10-17(29-4)12-19(18)23(26-20)16-8-6-14(2)7-9-16/h6-12,20H,5,13H2,1-4H3,(H,25,28)/t20-/m0/s1. The Bertz CT molecular complexity index is 1110. The number of hydrogen-bond donors (Lipinski definition) is 1. The molecule has 0 aliphatic carbocycles. The lowest BCUT2D eigenvalue weighted by Crippen LogP contribution is -2.24. The molecule has 1 N–H and O–H groups in total. The number of aromatic nitrogens is 1. The molecule has 1 aliphatic rings. The number of ether oxygens (including phenoxy) is 1. The Morgan fingerprint density at radius 1 is 1.13 bits per heavy atom. The van der Waals surface area contributed by atoms with Gasteiger partial charge < -0.3 is 14.6 Å². The maximum Gasteiger partial charge on any atom is 0.222 e. The molecule has 0 radical (unpaired) electrons. The second-order valence-electron chi connectivity index (χ2n) is 7.44. The number of carbonyl (C=O) groups excluding carboxylic acids is 1. The average Bonchev–Trinajstić information content (AvgIpc) is 3.06. The Morgan fingerprint density at radius 2 is 1.90 bits per heavy atom.